The van der Waals surface area contributed by atoms with Gasteiger partial charge in [-0.2, -0.15) is 0 Å². The van der Waals surface area contributed by atoms with Gasteiger partial charge in [-0.15, -0.1) is 0 Å². The third kappa shape index (κ3) is 3.89. The van der Waals surface area contributed by atoms with E-state index in [0.29, 0.717) is 0 Å². The Kier molecular flexibility index (Phi) is 4.97. The van der Waals surface area contributed by atoms with Gasteiger partial charge < -0.3 is 5.32 Å². The minimum atomic E-state index is -3.42. The van der Waals surface area contributed by atoms with E-state index in [0.717, 1.165) is 6.26 Å². The maximum Gasteiger partial charge on any atom is 0.257 e. The number of carbonyl (C=O) groups is 1. The molecule has 0 radical (unpaired) electrons. The van der Waals surface area contributed by atoms with Crippen molar-refractivity contribution in [2.24, 2.45) is 0 Å². The predicted octanol–water partition coefficient (Wildman–Crippen LogP) is 3.70. The first-order chi connectivity index (χ1) is 10.2. The highest BCUT2D eigenvalue weighted by atomic mass is 35.5. The molecule has 1 aromatic heterocycles. The van der Waals surface area contributed by atoms with Gasteiger partial charge in [0.05, 0.1) is 26.2 Å². The second kappa shape index (κ2) is 6.42. The van der Waals surface area contributed by atoms with Crippen molar-refractivity contribution in [1.29, 1.82) is 0 Å². The van der Waals surface area contributed by atoms with Crippen LogP contribution in [0.2, 0.25) is 15.2 Å². The van der Waals surface area contributed by atoms with E-state index in [9.17, 15) is 13.2 Å². The van der Waals surface area contributed by atoms with E-state index < -0.39 is 15.7 Å². The molecule has 5 nitrogen and oxygen atoms in total. The van der Waals surface area contributed by atoms with Gasteiger partial charge in [-0.3, -0.25) is 4.79 Å². The Balaban J connectivity index is 2.33. The van der Waals surface area contributed by atoms with Crippen molar-refractivity contribution in [1.82, 2.24) is 4.98 Å². The van der Waals surface area contributed by atoms with Crippen LogP contribution in [0.3, 0.4) is 0 Å². The van der Waals surface area contributed by atoms with Crippen molar-refractivity contribution >= 4 is 56.2 Å². The summed E-state index contributed by atoms with van der Waals surface area (Å²) in [6.45, 7) is 0. The van der Waals surface area contributed by atoms with Crippen LogP contribution in [0.15, 0.2) is 35.4 Å². The predicted molar refractivity (Wildman–Crippen MR) is 86.8 cm³/mol. The van der Waals surface area contributed by atoms with E-state index in [4.69, 9.17) is 34.8 Å². The Labute approximate surface area is 142 Å². The van der Waals surface area contributed by atoms with Gasteiger partial charge in [0, 0.05) is 12.5 Å². The average molecular weight is 380 g/mol. The number of carbonyl (C=O) groups excluding carboxylic acids is 1. The van der Waals surface area contributed by atoms with Gasteiger partial charge in [0.1, 0.15) is 5.15 Å². The molecule has 0 atom stereocenters. The van der Waals surface area contributed by atoms with Gasteiger partial charge in [0.25, 0.3) is 5.91 Å². The number of pyridine rings is 1. The first kappa shape index (κ1) is 17.0. The summed E-state index contributed by atoms with van der Waals surface area (Å²) in [5.41, 5.74) is 0.330. The van der Waals surface area contributed by atoms with E-state index in [1.165, 1.54) is 30.5 Å². The molecule has 9 heteroatoms. The third-order valence-electron chi connectivity index (χ3n) is 2.67. The van der Waals surface area contributed by atoms with Crippen LogP contribution in [0.4, 0.5) is 5.69 Å². The molecule has 0 aliphatic carbocycles. The molecule has 22 heavy (non-hydrogen) atoms. The number of sulfone groups is 1. The summed E-state index contributed by atoms with van der Waals surface area (Å²) in [5.74, 6) is -0.543. The molecule has 2 rings (SSSR count). The molecule has 0 spiro atoms. The average Bonchev–Trinajstić information content (AvgIpc) is 2.43. The lowest BCUT2D eigenvalue weighted by Gasteiger charge is -2.09. The monoisotopic (exact) mass is 378 g/mol. The summed E-state index contributed by atoms with van der Waals surface area (Å²) in [6.07, 6.45) is 2.31. The smallest absolute Gasteiger partial charge is 0.257 e. The van der Waals surface area contributed by atoms with Crippen molar-refractivity contribution in [3.63, 3.8) is 0 Å². The Morgan fingerprint density at radius 3 is 2.41 bits per heavy atom. The van der Waals surface area contributed by atoms with E-state index in [1.807, 2.05) is 0 Å². The van der Waals surface area contributed by atoms with Crippen molar-refractivity contribution in [3.8, 4) is 0 Å². The number of amides is 1. The summed E-state index contributed by atoms with van der Waals surface area (Å²) in [5, 5.41) is 2.92. The molecule has 2 aromatic rings. The van der Waals surface area contributed by atoms with Crippen LogP contribution in [0.1, 0.15) is 10.4 Å². The van der Waals surface area contributed by atoms with Crippen LogP contribution in [0.5, 0.6) is 0 Å². The minimum absolute atomic E-state index is 0.0412. The second-order valence-corrected chi connectivity index (χ2v) is 7.55. The highest BCUT2D eigenvalue weighted by molar-refractivity contribution is 7.90. The molecule has 0 saturated carbocycles. The van der Waals surface area contributed by atoms with Gasteiger partial charge in [-0.1, -0.05) is 34.8 Å². The Morgan fingerprint density at radius 2 is 1.82 bits per heavy atom. The number of nitrogens with one attached hydrogen (secondary N) is 1. The van der Waals surface area contributed by atoms with Crippen LogP contribution in [0.25, 0.3) is 0 Å². The maximum atomic E-state index is 12.1. The molecule has 1 N–H and O–H groups in total. The fourth-order valence-corrected chi connectivity index (χ4v) is 2.65. The number of nitrogens with zero attached hydrogens (tertiary/aromatic N) is 1. The molecule has 0 saturated heterocycles. The minimum Gasteiger partial charge on any atom is -0.321 e. The van der Waals surface area contributed by atoms with Crippen LogP contribution < -0.4 is 5.32 Å². The lowest BCUT2D eigenvalue weighted by molar-refractivity contribution is 0.102. The van der Waals surface area contributed by atoms with Gasteiger partial charge in [0.2, 0.25) is 0 Å². The fraction of sp³-hybridized carbons (Fsp3) is 0.0769. The van der Waals surface area contributed by atoms with Crippen LogP contribution >= 0.6 is 34.8 Å². The van der Waals surface area contributed by atoms with E-state index in [2.05, 4.69) is 10.3 Å². The molecule has 0 aliphatic rings. The maximum absolute atomic E-state index is 12.1. The summed E-state index contributed by atoms with van der Waals surface area (Å²) < 4.78 is 23.1. The molecule has 0 aliphatic heterocycles. The number of benzene rings is 1. The standard InChI is InChI=1S/C13H9Cl3N2O3S/c1-22(20,21)8-2-3-9(14)11(5-8)18-13(19)7-4-10(15)12(16)17-6-7/h2-6H,1H3,(H,18,19). The van der Waals surface area contributed by atoms with Gasteiger partial charge in [-0.25, -0.2) is 13.4 Å². The molecule has 0 unspecified atom stereocenters. The third-order valence-corrected chi connectivity index (χ3v) is 4.80. The summed E-state index contributed by atoms with van der Waals surface area (Å²) in [6, 6.07) is 5.37. The van der Waals surface area contributed by atoms with E-state index in [-0.39, 0.29) is 31.3 Å². The zero-order chi connectivity index (χ0) is 16.5. The largest absolute Gasteiger partial charge is 0.321 e. The zero-order valence-electron chi connectivity index (χ0n) is 11.1. The molecular formula is C13H9Cl3N2O3S. The number of halogens is 3. The van der Waals surface area contributed by atoms with Gasteiger partial charge >= 0.3 is 0 Å². The van der Waals surface area contributed by atoms with Crippen LogP contribution in [-0.4, -0.2) is 25.6 Å². The molecule has 1 heterocycles. The number of hydrogen-bond acceptors (Lipinski definition) is 4. The van der Waals surface area contributed by atoms with Crippen molar-refractivity contribution < 1.29 is 13.2 Å². The molecular weight excluding hydrogens is 371 g/mol. The van der Waals surface area contributed by atoms with E-state index in [1.54, 1.807) is 0 Å². The number of hydrogen-bond donors (Lipinski definition) is 1. The number of anilines is 1. The van der Waals surface area contributed by atoms with Crippen molar-refractivity contribution in [2.45, 2.75) is 4.90 Å². The fourth-order valence-electron chi connectivity index (χ4n) is 1.57. The van der Waals surface area contributed by atoms with Crippen LogP contribution in [0, 0.1) is 0 Å². The normalized spacial score (nSPS) is 11.3. The Bertz CT molecular complexity index is 854. The molecule has 116 valence electrons. The highest BCUT2D eigenvalue weighted by Crippen LogP contribution is 2.26. The zero-order valence-corrected chi connectivity index (χ0v) is 14.2. The summed E-state index contributed by atoms with van der Waals surface area (Å²) in [4.78, 5) is 15.9. The molecule has 0 bridgehead atoms. The molecule has 1 amide bonds. The van der Waals surface area contributed by atoms with E-state index >= 15 is 0 Å². The number of rotatable bonds is 3. The lowest BCUT2D eigenvalue weighted by Crippen LogP contribution is -2.13. The molecule has 1 aromatic carbocycles. The first-order valence-corrected chi connectivity index (χ1v) is 8.83. The summed E-state index contributed by atoms with van der Waals surface area (Å²) >= 11 is 17.4. The Hall–Kier alpha value is -1.34. The quantitative estimate of drug-likeness (QED) is 0.825. The van der Waals surface area contributed by atoms with Crippen molar-refractivity contribution in [3.05, 3.63) is 51.2 Å². The lowest BCUT2D eigenvalue weighted by atomic mass is 10.2. The number of aromatic nitrogens is 1. The first-order valence-electron chi connectivity index (χ1n) is 5.80. The van der Waals surface area contributed by atoms with Crippen molar-refractivity contribution in [2.75, 3.05) is 11.6 Å². The SMILES string of the molecule is CS(=O)(=O)c1ccc(Cl)c(NC(=O)c2cnc(Cl)c(Cl)c2)c1. The summed E-state index contributed by atoms with van der Waals surface area (Å²) in [7, 11) is -3.42. The topological polar surface area (TPSA) is 76.1 Å². The van der Waals surface area contributed by atoms with Gasteiger partial charge in [-0.05, 0) is 24.3 Å². The second-order valence-electron chi connectivity index (χ2n) is 4.36. The Morgan fingerprint density at radius 1 is 1.14 bits per heavy atom. The molecule has 0 fully saturated rings. The van der Waals surface area contributed by atoms with Crippen LogP contribution in [-0.2, 0) is 9.84 Å². The van der Waals surface area contributed by atoms with Gasteiger partial charge in [0.15, 0.2) is 9.84 Å². The highest BCUT2D eigenvalue weighted by Gasteiger charge is 2.14.